The van der Waals surface area contributed by atoms with Gasteiger partial charge in [0, 0.05) is 6.54 Å². The highest BCUT2D eigenvalue weighted by molar-refractivity contribution is 5.91. The summed E-state index contributed by atoms with van der Waals surface area (Å²) in [7, 11) is 3.18. The molecule has 0 radical (unpaired) electrons. The van der Waals surface area contributed by atoms with E-state index in [1.54, 1.807) is 24.3 Å². The van der Waals surface area contributed by atoms with E-state index in [1.165, 1.54) is 0 Å². The Labute approximate surface area is 190 Å². The van der Waals surface area contributed by atoms with Crippen molar-refractivity contribution in [1.82, 2.24) is 10.6 Å². The maximum absolute atomic E-state index is 12.3. The number of methoxy groups -OCH3 is 3. The van der Waals surface area contributed by atoms with Crippen molar-refractivity contribution in [2.45, 2.75) is 31.6 Å². The van der Waals surface area contributed by atoms with Gasteiger partial charge in [-0.05, 0) is 5.56 Å². The SMILES string of the molecule is COC(=O)C[C@@H](C(=O)OC)[C@H](NC(=O)C[C@@H](O)CNC(=O)OCc1ccccc1)C(=O)OC. The lowest BCUT2D eigenvalue weighted by Gasteiger charge is -2.24. The first-order valence-electron chi connectivity index (χ1n) is 9.86. The summed E-state index contributed by atoms with van der Waals surface area (Å²) >= 11 is 0. The molecule has 3 N–H and O–H groups in total. The van der Waals surface area contributed by atoms with Crippen LogP contribution in [0.5, 0.6) is 0 Å². The predicted octanol–water partition coefficient (Wildman–Crippen LogP) is -0.326. The van der Waals surface area contributed by atoms with Crippen molar-refractivity contribution in [2.24, 2.45) is 5.92 Å². The van der Waals surface area contributed by atoms with Crippen LogP contribution >= 0.6 is 0 Å². The van der Waals surface area contributed by atoms with Crippen LogP contribution in [0.25, 0.3) is 0 Å². The highest BCUT2D eigenvalue weighted by Crippen LogP contribution is 2.15. The van der Waals surface area contributed by atoms with E-state index in [9.17, 15) is 29.1 Å². The summed E-state index contributed by atoms with van der Waals surface area (Å²) in [6.07, 6.45) is -3.21. The minimum Gasteiger partial charge on any atom is -0.469 e. The van der Waals surface area contributed by atoms with Crippen LogP contribution in [0.3, 0.4) is 0 Å². The summed E-state index contributed by atoms with van der Waals surface area (Å²) in [6.45, 7) is -0.286. The second-order valence-corrected chi connectivity index (χ2v) is 6.78. The molecule has 0 heterocycles. The lowest BCUT2D eigenvalue weighted by atomic mass is 9.95. The van der Waals surface area contributed by atoms with Crippen LogP contribution in [0.15, 0.2) is 30.3 Å². The van der Waals surface area contributed by atoms with Gasteiger partial charge >= 0.3 is 24.0 Å². The molecule has 0 saturated heterocycles. The lowest BCUT2D eigenvalue weighted by molar-refractivity contribution is -0.159. The number of hydrogen-bond donors (Lipinski definition) is 3. The number of hydrogen-bond acceptors (Lipinski definition) is 10. The molecule has 33 heavy (non-hydrogen) atoms. The molecule has 1 aromatic carbocycles. The van der Waals surface area contributed by atoms with Crippen LogP contribution in [-0.4, -0.2) is 75.0 Å². The van der Waals surface area contributed by atoms with Crippen LogP contribution in [0.2, 0.25) is 0 Å². The minimum absolute atomic E-state index is 0.0270. The molecule has 0 aliphatic heterocycles. The Balaban J connectivity index is 2.62. The normalized spacial score (nSPS) is 13.0. The molecule has 12 heteroatoms. The van der Waals surface area contributed by atoms with E-state index in [0.29, 0.717) is 0 Å². The van der Waals surface area contributed by atoms with E-state index in [0.717, 1.165) is 26.9 Å². The number of amides is 2. The number of nitrogens with one attached hydrogen (secondary N) is 2. The van der Waals surface area contributed by atoms with Gasteiger partial charge in [-0.3, -0.25) is 14.4 Å². The Morgan fingerprint density at radius 3 is 2.12 bits per heavy atom. The van der Waals surface area contributed by atoms with Crippen LogP contribution in [-0.2, 0) is 44.7 Å². The topological polar surface area (TPSA) is 167 Å². The third-order valence-corrected chi connectivity index (χ3v) is 4.41. The molecule has 0 aliphatic rings. The Morgan fingerprint density at radius 1 is 0.909 bits per heavy atom. The smallest absolute Gasteiger partial charge is 0.407 e. The molecular formula is C21H28N2O10. The highest BCUT2D eigenvalue weighted by atomic mass is 16.6. The van der Waals surface area contributed by atoms with Gasteiger partial charge in [0.2, 0.25) is 5.91 Å². The van der Waals surface area contributed by atoms with Gasteiger partial charge in [-0.25, -0.2) is 9.59 Å². The average molecular weight is 468 g/mol. The van der Waals surface area contributed by atoms with E-state index < -0.39 is 60.8 Å². The first kappa shape index (κ1) is 27.4. The Hall–Kier alpha value is -3.67. The molecule has 0 fully saturated rings. The van der Waals surface area contributed by atoms with E-state index in [4.69, 9.17) is 4.74 Å². The summed E-state index contributed by atoms with van der Waals surface area (Å²) in [4.78, 5) is 59.9. The Kier molecular flexibility index (Phi) is 11.9. The zero-order chi connectivity index (χ0) is 24.8. The minimum atomic E-state index is -1.56. The summed E-state index contributed by atoms with van der Waals surface area (Å²) < 4.78 is 18.7. The summed E-state index contributed by atoms with van der Waals surface area (Å²) in [6, 6.07) is 7.37. The van der Waals surface area contributed by atoms with Crippen LogP contribution in [0, 0.1) is 5.92 Å². The summed E-state index contributed by atoms with van der Waals surface area (Å²) in [5.41, 5.74) is 0.772. The standard InChI is InChI=1S/C21H28N2O10/c1-30-17(26)10-15(19(27)31-2)18(20(28)32-3)23-16(25)9-14(24)11-22-21(29)33-12-13-7-5-4-6-8-13/h4-8,14-15,18,24H,9-12H2,1-3H3,(H,22,29)(H,23,25)/t14-,15-,18+/m1/s1. The van der Waals surface area contributed by atoms with E-state index in [-0.39, 0.29) is 13.2 Å². The van der Waals surface area contributed by atoms with E-state index in [2.05, 4.69) is 24.8 Å². The molecule has 0 unspecified atom stereocenters. The van der Waals surface area contributed by atoms with Gasteiger partial charge in [-0.15, -0.1) is 0 Å². The number of carbonyl (C=O) groups is 5. The zero-order valence-corrected chi connectivity index (χ0v) is 18.6. The molecule has 1 rings (SSSR count). The Morgan fingerprint density at radius 2 is 1.55 bits per heavy atom. The number of alkyl carbamates (subject to hydrolysis) is 1. The maximum Gasteiger partial charge on any atom is 0.407 e. The maximum atomic E-state index is 12.3. The fourth-order valence-electron chi connectivity index (χ4n) is 2.70. The van der Waals surface area contributed by atoms with Crippen molar-refractivity contribution in [2.75, 3.05) is 27.9 Å². The molecule has 2 amide bonds. The molecule has 0 aromatic heterocycles. The Bertz CT molecular complexity index is 815. The zero-order valence-electron chi connectivity index (χ0n) is 18.6. The van der Waals surface area contributed by atoms with Crippen molar-refractivity contribution >= 4 is 29.9 Å². The van der Waals surface area contributed by atoms with Gasteiger partial charge < -0.3 is 34.7 Å². The van der Waals surface area contributed by atoms with E-state index >= 15 is 0 Å². The predicted molar refractivity (Wildman–Crippen MR) is 111 cm³/mol. The van der Waals surface area contributed by atoms with Gasteiger partial charge in [0.15, 0.2) is 0 Å². The van der Waals surface area contributed by atoms with Crippen LogP contribution < -0.4 is 10.6 Å². The third kappa shape index (κ3) is 9.99. The van der Waals surface area contributed by atoms with Crippen LogP contribution in [0.1, 0.15) is 18.4 Å². The van der Waals surface area contributed by atoms with Crippen LogP contribution in [0.4, 0.5) is 4.79 Å². The monoisotopic (exact) mass is 468 g/mol. The number of benzene rings is 1. The quantitative estimate of drug-likeness (QED) is 0.273. The number of esters is 3. The van der Waals surface area contributed by atoms with Crippen molar-refractivity contribution < 1.29 is 48.0 Å². The fourth-order valence-corrected chi connectivity index (χ4v) is 2.70. The van der Waals surface area contributed by atoms with Crippen molar-refractivity contribution in [3.05, 3.63) is 35.9 Å². The average Bonchev–Trinajstić information content (AvgIpc) is 2.82. The van der Waals surface area contributed by atoms with E-state index in [1.807, 2.05) is 6.07 Å². The second-order valence-electron chi connectivity index (χ2n) is 6.78. The molecule has 1 aromatic rings. The van der Waals surface area contributed by atoms with Crippen molar-refractivity contribution in [3.8, 4) is 0 Å². The lowest BCUT2D eigenvalue weighted by Crippen LogP contribution is -2.51. The van der Waals surface area contributed by atoms with Gasteiger partial charge in [-0.2, -0.15) is 0 Å². The molecule has 0 saturated carbocycles. The molecule has 12 nitrogen and oxygen atoms in total. The highest BCUT2D eigenvalue weighted by Gasteiger charge is 2.38. The molecule has 0 spiro atoms. The summed E-state index contributed by atoms with van der Waals surface area (Å²) in [5.74, 6) is -5.01. The van der Waals surface area contributed by atoms with Gasteiger partial charge in [-0.1, -0.05) is 30.3 Å². The molecule has 3 atom stereocenters. The first-order chi connectivity index (χ1) is 15.7. The van der Waals surface area contributed by atoms with Gasteiger partial charge in [0.1, 0.15) is 12.6 Å². The van der Waals surface area contributed by atoms with Crippen molar-refractivity contribution in [3.63, 3.8) is 0 Å². The molecule has 0 aliphatic carbocycles. The molecule has 182 valence electrons. The second kappa shape index (κ2) is 14.4. The largest absolute Gasteiger partial charge is 0.469 e. The number of aliphatic hydroxyl groups is 1. The first-order valence-corrected chi connectivity index (χ1v) is 9.86. The number of rotatable bonds is 12. The fraction of sp³-hybridized carbons (Fsp3) is 0.476. The number of ether oxygens (including phenoxy) is 4. The third-order valence-electron chi connectivity index (χ3n) is 4.41. The summed E-state index contributed by atoms with van der Waals surface area (Å²) in [5, 5.41) is 14.6. The van der Waals surface area contributed by atoms with Crippen molar-refractivity contribution in [1.29, 1.82) is 0 Å². The van der Waals surface area contributed by atoms with Gasteiger partial charge in [0.25, 0.3) is 0 Å². The number of carbonyl (C=O) groups excluding carboxylic acids is 5. The number of aliphatic hydroxyl groups excluding tert-OH is 1. The molecular weight excluding hydrogens is 440 g/mol. The van der Waals surface area contributed by atoms with Gasteiger partial charge in [0.05, 0.1) is 46.2 Å². The molecule has 0 bridgehead atoms.